The number of nitrogens with one attached hydrogen (secondary N) is 1. The summed E-state index contributed by atoms with van der Waals surface area (Å²) < 4.78 is 0. The van der Waals surface area contributed by atoms with Crippen molar-refractivity contribution >= 4 is 35.0 Å². The normalized spacial score (nSPS) is 10.8. The second kappa shape index (κ2) is 6.37. The first-order valence-corrected chi connectivity index (χ1v) is 7.23. The van der Waals surface area contributed by atoms with Crippen molar-refractivity contribution in [3.05, 3.63) is 57.3 Å². The molecule has 1 amide bonds. The molecule has 0 saturated heterocycles. The highest BCUT2D eigenvalue weighted by molar-refractivity contribution is 7.11. The first-order valence-electron chi connectivity index (χ1n) is 6.35. The van der Waals surface area contributed by atoms with Crippen LogP contribution in [0.5, 0.6) is 0 Å². The lowest BCUT2D eigenvalue weighted by Crippen LogP contribution is -2.13. The number of aryl methyl sites for hydroxylation is 2. The maximum atomic E-state index is 11.9. The van der Waals surface area contributed by atoms with E-state index in [1.807, 2.05) is 18.4 Å². The number of thiophene rings is 1. The van der Waals surface area contributed by atoms with Gasteiger partial charge in [-0.05, 0) is 48.6 Å². The van der Waals surface area contributed by atoms with E-state index in [1.54, 1.807) is 42.5 Å². The number of aromatic carboxylic acids is 1. The van der Waals surface area contributed by atoms with Crippen molar-refractivity contribution in [2.24, 2.45) is 0 Å². The molecule has 1 heterocycles. The average molecular weight is 301 g/mol. The van der Waals surface area contributed by atoms with E-state index in [4.69, 9.17) is 0 Å². The lowest BCUT2D eigenvalue weighted by Gasteiger charge is -2.08. The van der Waals surface area contributed by atoms with Gasteiger partial charge in [-0.2, -0.15) is 0 Å². The number of rotatable bonds is 4. The largest absolute Gasteiger partial charge is 0.478 e. The monoisotopic (exact) mass is 301 g/mol. The zero-order chi connectivity index (χ0) is 15.4. The van der Waals surface area contributed by atoms with Crippen LogP contribution < -0.4 is 5.32 Å². The Kier molecular flexibility index (Phi) is 4.55. The van der Waals surface area contributed by atoms with Gasteiger partial charge >= 0.3 is 5.97 Å². The number of hydrogen-bond acceptors (Lipinski definition) is 3. The van der Waals surface area contributed by atoms with Crippen molar-refractivity contribution in [1.29, 1.82) is 0 Å². The summed E-state index contributed by atoms with van der Waals surface area (Å²) in [7, 11) is 0. The first-order chi connectivity index (χ1) is 9.99. The molecule has 0 radical (unpaired) electrons. The first kappa shape index (κ1) is 15.0. The SMILES string of the molecule is Cc1ccsc1C=CC(=O)Nc1cccc(C)c1C(=O)O. The average Bonchev–Trinajstić information content (AvgIpc) is 2.81. The fraction of sp³-hybridized carbons (Fsp3) is 0.125. The van der Waals surface area contributed by atoms with Gasteiger partial charge in [0.25, 0.3) is 0 Å². The predicted octanol–water partition coefficient (Wildman–Crippen LogP) is 3.72. The van der Waals surface area contributed by atoms with Gasteiger partial charge in [0.15, 0.2) is 0 Å². The molecule has 2 aromatic rings. The van der Waals surface area contributed by atoms with E-state index < -0.39 is 5.97 Å². The minimum absolute atomic E-state index is 0.117. The van der Waals surface area contributed by atoms with Crippen LogP contribution in [0.25, 0.3) is 6.08 Å². The zero-order valence-corrected chi connectivity index (χ0v) is 12.5. The van der Waals surface area contributed by atoms with E-state index >= 15 is 0 Å². The number of anilines is 1. The van der Waals surface area contributed by atoms with Crippen molar-refractivity contribution in [2.45, 2.75) is 13.8 Å². The summed E-state index contributed by atoms with van der Waals surface area (Å²) in [6.07, 6.45) is 3.14. The second-order valence-electron chi connectivity index (χ2n) is 4.59. The molecule has 4 nitrogen and oxygen atoms in total. The lowest BCUT2D eigenvalue weighted by molar-refractivity contribution is -0.111. The summed E-state index contributed by atoms with van der Waals surface area (Å²) >= 11 is 1.55. The molecule has 21 heavy (non-hydrogen) atoms. The molecular weight excluding hydrogens is 286 g/mol. The van der Waals surface area contributed by atoms with Gasteiger partial charge in [-0.3, -0.25) is 4.79 Å². The Morgan fingerprint density at radius 1 is 1.19 bits per heavy atom. The topological polar surface area (TPSA) is 66.4 Å². The Labute approximate surface area is 126 Å². The van der Waals surface area contributed by atoms with E-state index in [0.29, 0.717) is 11.3 Å². The number of hydrogen-bond donors (Lipinski definition) is 2. The van der Waals surface area contributed by atoms with Gasteiger partial charge in [0.05, 0.1) is 11.3 Å². The Morgan fingerprint density at radius 2 is 1.95 bits per heavy atom. The summed E-state index contributed by atoms with van der Waals surface area (Å²) in [6.45, 7) is 3.67. The fourth-order valence-electron chi connectivity index (χ4n) is 1.94. The highest BCUT2D eigenvalue weighted by atomic mass is 32.1. The van der Waals surface area contributed by atoms with Gasteiger partial charge in [0, 0.05) is 11.0 Å². The van der Waals surface area contributed by atoms with Crippen molar-refractivity contribution < 1.29 is 14.7 Å². The molecular formula is C16H15NO3S. The van der Waals surface area contributed by atoms with Crippen molar-refractivity contribution in [2.75, 3.05) is 5.32 Å². The Hall–Kier alpha value is -2.40. The van der Waals surface area contributed by atoms with Crippen LogP contribution in [-0.4, -0.2) is 17.0 Å². The number of carbonyl (C=O) groups excluding carboxylic acids is 1. The van der Waals surface area contributed by atoms with Gasteiger partial charge in [-0.25, -0.2) is 4.79 Å². The summed E-state index contributed by atoms with van der Waals surface area (Å²) in [5.74, 6) is -1.41. The van der Waals surface area contributed by atoms with E-state index in [1.165, 1.54) is 6.08 Å². The van der Waals surface area contributed by atoms with Gasteiger partial charge in [0.1, 0.15) is 0 Å². The van der Waals surface area contributed by atoms with Crippen molar-refractivity contribution in [1.82, 2.24) is 0 Å². The summed E-state index contributed by atoms with van der Waals surface area (Å²) in [5, 5.41) is 13.8. The van der Waals surface area contributed by atoms with E-state index in [9.17, 15) is 14.7 Å². The molecule has 0 fully saturated rings. The molecule has 108 valence electrons. The molecule has 2 N–H and O–H groups in total. The Bertz CT molecular complexity index is 716. The number of carboxylic acids is 1. The zero-order valence-electron chi connectivity index (χ0n) is 11.7. The lowest BCUT2D eigenvalue weighted by atomic mass is 10.1. The van der Waals surface area contributed by atoms with E-state index in [0.717, 1.165) is 10.4 Å². The van der Waals surface area contributed by atoms with Crippen molar-refractivity contribution in [3.8, 4) is 0 Å². The van der Waals surface area contributed by atoms with Gasteiger partial charge in [-0.1, -0.05) is 12.1 Å². The van der Waals surface area contributed by atoms with Crippen LogP contribution in [-0.2, 0) is 4.79 Å². The Morgan fingerprint density at radius 3 is 2.57 bits per heavy atom. The van der Waals surface area contributed by atoms with Gasteiger partial charge in [-0.15, -0.1) is 11.3 Å². The quantitative estimate of drug-likeness (QED) is 0.846. The molecule has 0 aliphatic carbocycles. The molecule has 1 aromatic heterocycles. The van der Waals surface area contributed by atoms with Gasteiger partial charge in [0.2, 0.25) is 5.91 Å². The third-order valence-electron chi connectivity index (χ3n) is 3.03. The molecule has 0 aliphatic heterocycles. The summed E-state index contributed by atoms with van der Waals surface area (Å²) in [6, 6.07) is 6.97. The van der Waals surface area contributed by atoms with Crippen LogP contribution in [0.1, 0.15) is 26.4 Å². The Balaban J connectivity index is 2.17. The molecule has 1 aromatic carbocycles. The molecule has 2 rings (SSSR count). The predicted molar refractivity (Wildman–Crippen MR) is 84.9 cm³/mol. The smallest absolute Gasteiger partial charge is 0.338 e. The van der Waals surface area contributed by atoms with Crippen LogP contribution >= 0.6 is 11.3 Å². The van der Waals surface area contributed by atoms with Crippen molar-refractivity contribution in [3.63, 3.8) is 0 Å². The molecule has 0 spiro atoms. The molecule has 0 bridgehead atoms. The third-order valence-corrected chi connectivity index (χ3v) is 4.02. The van der Waals surface area contributed by atoms with Gasteiger partial charge < -0.3 is 10.4 Å². The molecule has 0 aliphatic rings. The standard InChI is InChI=1S/C16H15NO3S/c1-10-8-9-21-13(10)6-7-14(18)17-12-5-3-4-11(2)15(12)16(19)20/h3-9H,1-2H3,(H,17,18)(H,19,20). The van der Waals surface area contributed by atoms with E-state index in [-0.39, 0.29) is 11.5 Å². The summed E-state index contributed by atoms with van der Waals surface area (Å²) in [5.41, 5.74) is 2.14. The van der Waals surface area contributed by atoms with E-state index in [2.05, 4.69) is 5.32 Å². The number of carbonyl (C=O) groups is 2. The molecule has 0 unspecified atom stereocenters. The van der Waals surface area contributed by atoms with Crippen LogP contribution in [0, 0.1) is 13.8 Å². The van der Waals surface area contributed by atoms with Crippen LogP contribution in [0.4, 0.5) is 5.69 Å². The maximum Gasteiger partial charge on any atom is 0.338 e. The maximum absolute atomic E-state index is 11.9. The molecule has 5 heteroatoms. The number of benzene rings is 1. The van der Waals surface area contributed by atoms with Crippen LogP contribution in [0.2, 0.25) is 0 Å². The minimum atomic E-state index is -1.05. The molecule has 0 saturated carbocycles. The highest BCUT2D eigenvalue weighted by Gasteiger charge is 2.13. The number of amides is 1. The number of carboxylic acid groups (broad SMARTS) is 1. The minimum Gasteiger partial charge on any atom is -0.478 e. The van der Waals surface area contributed by atoms with Crippen LogP contribution in [0.15, 0.2) is 35.7 Å². The van der Waals surface area contributed by atoms with Crippen LogP contribution in [0.3, 0.4) is 0 Å². The second-order valence-corrected chi connectivity index (χ2v) is 5.54. The fourth-order valence-corrected chi connectivity index (χ4v) is 2.76. The summed E-state index contributed by atoms with van der Waals surface area (Å²) in [4.78, 5) is 24.2. The third kappa shape index (κ3) is 3.58. The molecule has 0 atom stereocenters. The highest BCUT2D eigenvalue weighted by Crippen LogP contribution is 2.20.